The first-order valence-electron chi connectivity index (χ1n) is 10.4. The zero-order chi connectivity index (χ0) is 21.5. The number of amidine groups is 1. The third kappa shape index (κ3) is 4.12. The summed E-state index contributed by atoms with van der Waals surface area (Å²) >= 11 is 0. The summed E-state index contributed by atoms with van der Waals surface area (Å²) in [5.41, 5.74) is 2.24. The number of nitrogens with one attached hydrogen (secondary N) is 2. The van der Waals surface area contributed by atoms with Gasteiger partial charge in [-0.1, -0.05) is 0 Å². The second-order valence-corrected chi connectivity index (χ2v) is 9.06. The van der Waals surface area contributed by atoms with Gasteiger partial charge in [0.05, 0.1) is 24.4 Å². The third-order valence-corrected chi connectivity index (χ3v) is 6.09. The van der Waals surface area contributed by atoms with Gasteiger partial charge in [-0.3, -0.25) is 14.5 Å². The third-order valence-electron chi connectivity index (χ3n) is 6.09. The van der Waals surface area contributed by atoms with Gasteiger partial charge in [0.15, 0.2) is 0 Å². The second kappa shape index (κ2) is 7.86. The second-order valence-electron chi connectivity index (χ2n) is 9.06. The first-order chi connectivity index (χ1) is 14.3. The molecule has 1 saturated heterocycles. The molecule has 1 aromatic heterocycles. The summed E-state index contributed by atoms with van der Waals surface area (Å²) < 4.78 is 6.62. The van der Waals surface area contributed by atoms with Crippen molar-refractivity contribution in [2.24, 2.45) is 18.0 Å². The van der Waals surface area contributed by atoms with Crippen LogP contribution in [0.2, 0.25) is 0 Å². The van der Waals surface area contributed by atoms with Crippen molar-refractivity contribution in [3.8, 4) is 0 Å². The molecule has 0 radical (unpaired) electrons. The number of hydrogen-bond donors (Lipinski definition) is 2. The lowest BCUT2D eigenvalue weighted by atomic mass is 9.97. The summed E-state index contributed by atoms with van der Waals surface area (Å²) in [6.45, 7) is 5.82. The summed E-state index contributed by atoms with van der Waals surface area (Å²) in [5, 5.41) is 10.2. The Morgan fingerprint density at radius 2 is 2.20 bits per heavy atom. The maximum atomic E-state index is 12.6. The predicted octanol–water partition coefficient (Wildman–Crippen LogP) is 1.61. The van der Waals surface area contributed by atoms with E-state index in [4.69, 9.17) is 4.74 Å². The first kappa shape index (κ1) is 20.6. The van der Waals surface area contributed by atoms with Crippen LogP contribution in [0.25, 0.3) is 0 Å². The van der Waals surface area contributed by atoms with E-state index in [9.17, 15) is 9.59 Å². The van der Waals surface area contributed by atoms with Crippen molar-refractivity contribution in [2.75, 3.05) is 20.2 Å². The van der Waals surface area contributed by atoms with Gasteiger partial charge in [-0.15, -0.1) is 0 Å². The minimum absolute atomic E-state index is 0.0410. The van der Waals surface area contributed by atoms with Crippen LogP contribution >= 0.6 is 0 Å². The van der Waals surface area contributed by atoms with E-state index in [-0.39, 0.29) is 23.5 Å². The Balaban J connectivity index is 1.35. The number of amides is 3. The maximum absolute atomic E-state index is 12.6. The van der Waals surface area contributed by atoms with Gasteiger partial charge < -0.3 is 20.3 Å². The molecule has 3 aliphatic rings. The van der Waals surface area contributed by atoms with Gasteiger partial charge in [0, 0.05) is 26.7 Å². The number of urea groups is 1. The number of hydrogen-bond acceptors (Lipinski definition) is 5. The monoisotopic (exact) mass is 414 g/mol. The van der Waals surface area contributed by atoms with Crippen molar-refractivity contribution in [1.82, 2.24) is 25.3 Å². The number of ether oxygens (including phenoxy) is 1. The molecule has 0 aromatic carbocycles. The molecule has 9 heteroatoms. The number of aliphatic imine (C=N–C) groups is 1. The Kier molecular flexibility index (Phi) is 5.40. The van der Waals surface area contributed by atoms with Crippen molar-refractivity contribution >= 4 is 17.8 Å². The molecule has 1 aromatic rings. The van der Waals surface area contributed by atoms with E-state index < -0.39 is 0 Å². The highest BCUT2D eigenvalue weighted by Crippen LogP contribution is 2.37. The van der Waals surface area contributed by atoms with Gasteiger partial charge in [-0.2, -0.15) is 5.10 Å². The van der Waals surface area contributed by atoms with Crippen LogP contribution in [0.5, 0.6) is 0 Å². The van der Waals surface area contributed by atoms with E-state index in [1.165, 1.54) is 5.57 Å². The zero-order valence-electron chi connectivity index (χ0n) is 18.1. The van der Waals surface area contributed by atoms with Crippen LogP contribution in [0.1, 0.15) is 49.3 Å². The fourth-order valence-electron chi connectivity index (χ4n) is 4.67. The van der Waals surface area contributed by atoms with E-state index in [0.29, 0.717) is 36.3 Å². The van der Waals surface area contributed by atoms with Crippen LogP contribution in [-0.4, -0.2) is 64.2 Å². The normalized spacial score (nSPS) is 25.3. The molecule has 2 fully saturated rings. The first-order valence-corrected chi connectivity index (χ1v) is 10.4. The lowest BCUT2D eigenvalue weighted by Gasteiger charge is -2.24. The van der Waals surface area contributed by atoms with Gasteiger partial charge in [0.1, 0.15) is 11.5 Å². The number of rotatable bonds is 5. The number of aryl methyl sites for hydroxylation is 1. The topological polar surface area (TPSA) is 101 Å². The number of aromatic nitrogens is 2. The highest BCUT2D eigenvalue weighted by atomic mass is 16.5. The summed E-state index contributed by atoms with van der Waals surface area (Å²) in [5.74, 6) is 0.756. The summed E-state index contributed by atoms with van der Waals surface area (Å²) in [7, 11) is 3.33. The predicted molar refractivity (Wildman–Crippen MR) is 112 cm³/mol. The van der Waals surface area contributed by atoms with Crippen molar-refractivity contribution in [3.05, 3.63) is 29.1 Å². The van der Waals surface area contributed by atoms with Crippen molar-refractivity contribution in [3.63, 3.8) is 0 Å². The Morgan fingerprint density at radius 3 is 2.90 bits per heavy atom. The van der Waals surface area contributed by atoms with E-state index in [1.807, 2.05) is 11.0 Å². The highest BCUT2D eigenvalue weighted by Gasteiger charge is 2.41. The molecule has 2 atom stereocenters. The lowest BCUT2D eigenvalue weighted by Crippen LogP contribution is -2.36. The smallest absolute Gasteiger partial charge is 0.318 e. The Bertz CT molecular complexity index is 916. The van der Waals surface area contributed by atoms with E-state index in [1.54, 1.807) is 24.9 Å². The summed E-state index contributed by atoms with van der Waals surface area (Å²) in [6, 6.07) is 2.03. The fourth-order valence-corrected chi connectivity index (χ4v) is 4.67. The molecule has 2 aliphatic heterocycles. The van der Waals surface area contributed by atoms with Gasteiger partial charge in [-0.25, -0.2) is 4.79 Å². The number of nitrogens with zero attached hydrogens (tertiary/aromatic N) is 4. The Hall–Kier alpha value is -2.68. The zero-order valence-corrected chi connectivity index (χ0v) is 18.1. The van der Waals surface area contributed by atoms with Crippen molar-refractivity contribution in [1.29, 1.82) is 0 Å². The van der Waals surface area contributed by atoms with Crippen LogP contribution in [-0.2, 0) is 18.4 Å². The maximum Gasteiger partial charge on any atom is 0.318 e. The molecule has 1 saturated carbocycles. The molecule has 2 unspecified atom stereocenters. The molecular formula is C21H30N6O3. The Labute approximate surface area is 176 Å². The molecule has 0 bridgehead atoms. The highest BCUT2D eigenvalue weighted by molar-refractivity contribution is 6.10. The molecule has 1 aliphatic carbocycles. The molecule has 4 rings (SSSR count). The fraction of sp³-hybridized carbons (Fsp3) is 0.619. The van der Waals surface area contributed by atoms with Crippen LogP contribution in [0.4, 0.5) is 4.79 Å². The van der Waals surface area contributed by atoms with Crippen molar-refractivity contribution in [2.45, 2.75) is 51.3 Å². The van der Waals surface area contributed by atoms with Gasteiger partial charge in [0.2, 0.25) is 0 Å². The molecule has 0 spiro atoms. The van der Waals surface area contributed by atoms with Crippen LogP contribution in [0.3, 0.4) is 0 Å². The minimum Gasteiger partial charge on any atom is -0.378 e. The number of methoxy groups -OCH3 is 1. The number of carbonyl (C=O) groups excluding carboxylic acids is 2. The van der Waals surface area contributed by atoms with Crippen molar-refractivity contribution < 1.29 is 14.3 Å². The number of carbonyl (C=O) groups is 2. The minimum atomic E-state index is -0.233. The molecule has 162 valence electrons. The van der Waals surface area contributed by atoms with E-state index in [0.717, 1.165) is 25.8 Å². The SMILES string of the molecule is COCc1cc(C(=O)NC2=NCC(C3CCC(N4CC(C)(C)NC4=O)C3)=C2)n(C)n1. The Morgan fingerprint density at radius 1 is 1.40 bits per heavy atom. The average molecular weight is 415 g/mol. The van der Waals surface area contributed by atoms with Crippen LogP contribution in [0.15, 0.2) is 22.7 Å². The summed E-state index contributed by atoms with van der Waals surface area (Å²) in [6.07, 6.45) is 4.99. The summed E-state index contributed by atoms with van der Waals surface area (Å²) in [4.78, 5) is 31.4. The molecule has 30 heavy (non-hydrogen) atoms. The van der Waals surface area contributed by atoms with Crippen LogP contribution < -0.4 is 10.6 Å². The molecule has 3 amide bonds. The standard InChI is InChI=1S/C21H30N6O3/c1-21(2)12-27(20(29)24-21)16-6-5-13(7-16)14-8-18(22-10-14)23-19(28)17-9-15(11-30-4)25-26(17)3/h8-9,13,16H,5-7,10-12H2,1-4H3,(H,24,29)(H,22,23,28). The van der Waals surface area contributed by atoms with E-state index in [2.05, 4.69) is 34.6 Å². The largest absolute Gasteiger partial charge is 0.378 e. The van der Waals surface area contributed by atoms with Gasteiger partial charge in [0.25, 0.3) is 5.91 Å². The lowest BCUT2D eigenvalue weighted by molar-refractivity contribution is 0.0968. The molecular weight excluding hydrogens is 384 g/mol. The van der Waals surface area contributed by atoms with Crippen LogP contribution in [0, 0.1) is 5.92 Å². The average Bonchev–Trinajstić information content (AvgIpc) is 3.42. The molecule has 2 N–H and O–H groups in total. The molecule has 9 nitrogen and oxygen atoms in total. The van der Waals surface area contributed by atoms with E-state index >= 15 is 0 Å². The van der Waals surface area contributed by atoms with Gasteiger partial charge in [-0.05, 0) is 56.7 Å². The quantitative estimate of drug-likeness (QED) is 0.764. The molecule has 3 heterocycles. The van der Waals surface area contributed by atoms with Gasteiger partial charge >= 0.3 is 6.03 Å².